The lowest BCUT2D eigenvalue weighted by Gasteiger charge is -2.15. The summed E-state index contributed by atoms with van der Waals surface area (Å²) in [5.74, 6) is 0. The molecule has 3 nitrogen and oxygen atoms in total. The number of nitrogens with zero attached hydrogens (tertiary/aromatic N) is 3. The van der Waals surface area contributed by atoms with Crippen LogP contribution in [0.25, 0.3) is 0 Å². The van der Waals surface area contributed by atoms with Gasteiger partial charge in [-0.3, -0.25) is 0 Å². The molecule has 1 rings (SSSR count). The van der Waals surface area contributed by atoms with E-state index in [1.54, 1.807) is 0 Å². The molecule has 0 atom stereocenters. The first-order valence-electron chi connectivity index (χ1n) is 3.28. The van der Waals surface area contributed by atoms with Crippen LogP contribution in [-0.4, -0.2) is 12.0 Å². The maximum absolute atomic E-state index is 4.15. The van der Waals surface area contributed by atoms with E-state index < -0.39 is 0 Å². The summed E-state index contributed by atoms with van der Waals surface area (Å²) in [6.45, 7) is 4.15. The van der Waals surface area contributed by atoms with Crippen LogP contribution in [-0.2, 0) is 0 Å². The highest BCUT2D eigenvalue weighted by Gasteiger charge is 2.25. The van der Waals surface area contributed by atoms with Gasteiger partial charge in [-0.25, -0.2) is 4.99 Å². The molecular weight excluding hydrogens is 114 g/mol. The van der Waals surface area contributed by atoms with E-state index >= 15 is 0 Å². The number of hydrogen-bond acceptors (Lipinski definition) is 3. The quantitative estimate of drug-likeness (QED) is 0.541. The van der Waals surface area contributed by atoms with Gasteiger partial charge in [-0.15, -0.1) is 5.11 Å². The minimum Gasteiger partial charge on any atom is -0.240 e. The molecule has 0 fully saturated rings. The highest BCUT2D eigenvalue weighted by Crippen LogP contribution is 2.24. The molecule has 0 bridgehead atoms. The molecule has 1 aliphatic heterocycles. The monoisotopic (exact) mass is 125 g/mol. The molecule has 0 unspecified atom stereocenters. The molecule has 0 spiro atoms. The van der Waals surface area contributed by atoms with Crippen LogP contribution in [0.3, 0.4) is 0 Å². The van der Waals surface area contributed by atoms with Crippen LogP contribution in [0, 0.1) is 0 Å². The fourth-order valence-corrected chi connectivity index (χ4v) is 0.866. The van der Waals surface area contributed by atoms with E-state index in [0.29, 0.717) is 0 Å². The third kappa shape index (κ3) is 0.992. The first-order valence-corrected chi connectivity index (χ1v) is 3.28. The maximum atomic E-state index is 4.15. The summed E-state index contributed by atoms with van der Waals surface area (Å²) in [5.41, 5.74) is -0.194. The van der Waals surface area contributed by atoms with Crippen molar-refractivity contribution in [1.82, 2.24) is 0 Å². The van der Waals surface area contributed by atoms with Gasteiger partial charge in [0.1, 0.15) is 6.34 Å². The van der Waals surface area contributed by atoms with Gasteiger partial charge < -0.3 is 0 Å². The Balaban J connectivity index is 2.69. The van der Waals surface area contributed by atoms with Gasteiger partial charge in [-0.2, -0.15) is 5.11 Å². The molecule has 9 heavy (non-hydrogen) atoms. The van der Waals surface area contributed by atoms with Crippen LogP contribution in [0.4, 0.5) is 0 Å². The predicted molar refractivity (Wildman–Crippen MR) is 36.7 cm³/mol. The average molecular weight is 125 g/mol. The highest BCUT2D eigenvalue weighted by atomic mass is 15.3. The molecule has 0 N–H and O–H groups in total. The molecular formula is C6H11N3. The van der Waals surface area contributed by atoms with E-state index in [9.17, 15) is 0 Å². The lowest BCUT2D eigenvalue weighted by molar-refractivity contribution is 0.418. The summed E-state index contributed by atoms with van der Waals surface area (Å²) < 4.78 is 0. The summed E-state index contributed by atoms with van der Waals surface area (Å²) in [6, 6.07) is 0. The Kier molecular flexibility index (Phi) is 1.60. The summed E-state index contributed by atoms with van der Waals surface area (Å²) in [6.07, 6.45) is 3.43. The Morgan fingerprint density at radius 2 is 2.00 bits per heavy atom. The second kappa shape index (κ2) is 2.25. The normalized spacial score (nSPS) is 21.1. The van der Waals surface area contributed by atoms with Crippen molar-refractivity contribution >= 4 is 6.34 Å². The van der Waals surface area contributed by atoms with Crippen LogP contribution >= 0.6 is 0 Å². The predicted octanol–water partition coefficient (Wildman–Crippen LogP) is 2.00. The lowest BCUT2D eigenvalue weighted by Crippen LogP contribution is -2.17. The minimum atomic E-state index is -0.194. The number of aliphatic imine (C=N–C) groups is 1. The summed E-state index contributed by atoms with van der Waals surface area (Å²) in [4.78, 5) is 4.15. The molecule has 0 saturated carbocycles. The molecule has 0 saturated heterocycles. The van der Waals surface area contributed by atoms with E-state index in [0.717, 1.165) is 12.8 Å². The van der Waals surface area contributed by atoms with E-state index in [-0.39, 0.29) is 5.66 Å². The van der Waals surface area contributed by atoms with Crippen LogP contribution in [0.1, 0.15) is 26.7 Å². The molecule has 0 aromatic rings. The van der Waals surface area contributed by atoms with Crippen LogP contribution < -0.4 is 0 Å². The third-order valence-corrected chi connectivity index (χ3v) is 1.73. The van der Waals surface area contributed by atoms with Crippen molar-refractivity contribution in [2.75, 3.05) is 0 Å². The third-order valence-electron chi connectivity index (χ3n) is 1.73. The summed E-state index contributed by atoms with van der Waals surface area (Å²) in [5, 5.41) is 7.72. The molecule has 0 amide bonds. The zero-order valence-corrected chi connectivity index (χ0v) is 5.83. The van der Waals surface area contributed by atoms with E-state index in [1.165, 1.54) is 6.34 Å². The first kappa shape index (κ1) is 6.39. The largest absolute Gasteiger partial charge is 0.240 e. The fourth-order valence-electron chi connectivity index (χ4n) is 0.866. The van der Waals surface area contributed by atoms with Crippen molar-refractivity contribution in [3.8, 4) is 0 Å². The van der Waals surface area contributed by atoms with Crippen molar-refractivity contribution in [2.45, 2.75) is 32.4 Å². The smallest absolute Gasteiger partial charge is 0.172 e. The topological polar surface area (TPSA) is 37.1 Å². The van der Waals surface area contributed by atoms with Gasteiger partial charge in [0.05, 0.1) is 0 Å². The Labute approximate surface area is 54.9 Å². The molecule has 50 valence electrons. The zero-order chi connectivity index (χ0) is 6.74. The van der Waals surface area contributed by atoms with Gasteiger partial charge in [0.2, 0.25) is 0 Å². The number of hydrogen-bond donors (Lipinski definition) is 0. The average Bonchev–Trinajstić information content (AvgIpc) is 2.36. The second-order valence-electron chi connectivity index (χ2n) is 2.15. The summed E-state index contributed by atoms with van der Waals surface area (Å²) >= 11 is 0. The molecule has 0 aromatic heterocycles. The highest BCUT2D eigenvalue weighted by molar-refractivity contribution is 5.57. The van der Waals surface area contributed by atoms with Crippen LogP contribution in [0.5, 0.6) is 0 Å². The lowest BCUT2D eigenvalue weighted by atomic mass is 10.1. The molecule has 3 heteroatoms. The fraction of sp³-hybridized carbons (Fsp3) is 0.833. The standard InChI is InChI=1S/C6H11N3/c1-3-6(4-2)7-5-8-9-6/h5H,3-4H2,1-2H3. The van der Waals surface area contributed by atoms with Gasteiger partial charge in [0.15, 0.2) is 5.66 Å². The van der Waals surface area contributed by atoms with Gasteiger partial charge in [0, 0.05) is 0 Å². The zero-order valence-electron chi connectivity index (χ0n) is 5.83. The molecule has 0 aliphatic carbocycles. The van der Waals surface area contributed by atoms with Crippen molar-refractivity contribution in [3.63, 3.8) is 0 Å². The van der Waals surface area contributed by atoms with Crippen LogP contribution in [0.15, 0.2) is 15.2 Å². The first-order chi connectivity index (χ1) is 4.33. The molecule has 0 aromatic carbocycles. The molecule has 0 radical (unpaired) electrons. The van der Waals surface area contributed by atoms with Crippen molar-refractivity contribution in [3.05, 3.63) is 0 Å². The Hall–Kier alpha value is -0.730. The second-order valence-corrected chi connectivity index (χ2v) is 2.15. The number of rotatable bonds is 2. The minimum absolute atomic E-state index is 0.194. The Bertz CT molecular complexity index is 130. The van der Waals surface area contributed by atoms with Gasteiger partial charge in [-0.1, -0.05) is 13.8 Å². The van der Waals surface area contributed by atoms with E-state index in [2.05, 4.69) is 29.1 Å². The Morgan fingerprint density at radius 3 is 2.22 bits per heavy atom. The van der Waals surface area contributed by atoms with Crippen molar-refractivity contribution in [1.29, 1.82) is 0 Å². The van der Waals surface area contributed by atoms with Gasteiger partial charge in [0.25, 0.3) is 0 Å². The van der Waals surface area contributed by atoms with Gasteiger partial charge in [-0.05, 0) is 12.8 Å². The molecule has 1 aliphatic rings. The van der Waals surface area contributed by atoms with E-state index in [1.807, 2.05) is 0 Å². The summed E-state index contributed by atoms with van der Waals surface area (Å²) in [7, 11) is 0. The van der Waals surface area contributed by atoms with E-state index in [4.69, 9.17) is 0 Å². The Morgan fingerprint density at radius 1 is 1.33 bits per heavy atom. The van der Waals surface area contributed by atoms with Crippen molar-refractivity contribution in [2.24, 2.45) is 15.2 Å². The maximum Gasteiger partial charge on any atom is 0.172 e. The van der Waals surface area contributed by atoms with Gasteiger partial charge >= 0.3 is 0 Å². The molecule has 1 heterocycles. The number of azo groups is 1. The SMILES string of the molecule is CCC1(CC)N=CN=N1. The van der Waals surface area contributed by atoms with Crippen molar-refractivity contribution < 1.29 is 0 Å². The van der Waals surface area contributed by atoms with Crippen LogP contribution in [0.2, 0.25) is 0 Å².